The Kier molecular flexibility index (Phi) is 9.45. The van der Waals surface area contributed by atoms with Crippen molar-refractivity contribution in [3.63, 3.8) is 0 Å². The molecule has 0 radical (unpaired) electrons. The van der Waals surface area contributed by atoms with Crippen molar-refractivity contribution in [1.82, 2.24) is 10.6 Å². The third kappa shape index (κ3) is 8.37. The molecule has 0 heterocycles. The van der Waals surface area contributed by atoms with Crippen LogP contribution in [0.3, 0.4) is 0 Å². The Morgan fingerprint density at radius 1 is 1.00 bits per heavy atom. The van der Waals surface area contributed by atoms with Crippen molar-refractivity contribution < 1.29 is 24.1 Å². The second-order valence-electron chi connectivity index (χ2n) is 8.01. The van der Waals surface area contributed by atoms with Gasteiger partial charge in [-0.25, -0.2) is 4.79 Å². The van der Waals surface area contributed by atoms with Crippen LogP contribution in [0, 0.1) is 0 Å². The Labute approximate surface area is 183 Å². The third-order valence-corrected chi connectivity index (χ3v) is 5.51. The number of hydrogen-bond donors (Lipinski definition) is 5. The predicted molar refractivity (Wildman–Crippen MR) is 119 cm³/mol. The van der Waals surface area contributed by atoms with Crippen molar-refractivity contribution in [1.29, 1.82) is 0 Å². The zero-order chi connectivity index (χ0) is 22.8. The molecule has 1 aromatic rings. The van der Waals surface area contributed by atoms with Crippen molar-refractivity contribution in [3.8, 4) is 0 Å². The van der Waals surface area contributed by atoms with Crippen LogP contribution < -0.4 is 26.2 Å². The number of nitrogens with one attached hydrogen (secondary N) is 5. The third-order valence-electron chi connectivity index (χ3n) is 5.51. The average molecular weight is 433 g/mol. The number of urea groups is 1. The Bertz CT molecular complexity index is 775. The molecule has 0 spiro atoms. The van der Waals surface area contributed by atoms with Gasteiger partial charge < -0.3 is 20.9 Å². The normalized spacial score (nSPS) is 16.0. The first-order chi connectivity index (χ1) is 14.8. The minimum absolute atomic E-state index is 0.0861. The molecule has 1 unspecified atom stereocenters. The standard InChI is InChI=1S/C22H33N5O4/c1-4-27(14-20(29)24-19-12-10-18(11-13-19)23-16(3)28)15(2)21(30)26-22(31)25-17-8-6-5-7-9-17/h10-13,15,17H,4-9,14H2,1-3H3,(H,23,28)(H,24,29)(H2,25,26,30,31)/p+1/t15-/m0/s1. The lowest BCUT2D eigenvalue weighted by Gasteiger charge is -2.25. The van der Waals surface area contributed by atoms with Crippen LogP contribution in [0.25, 0.3) is 0 Å². The summed E-state index contributed by atoms with van der Waals surface area (Å²) >= 11 is 0. The van der Waals surface area contributed by atoms with Crippen LogP contribution in [0.2, 0.25) is 0 Å². The van der Waals surface area contributed by atoms with Gasteiger partial charge in [0.1, 0.15) is 0 Å². The Morgan fingerprint density at radius 3 is 2.13 bits per heavy atom. The van der Waals surface area contributed by atoms with Gasteiger partial charge in [-0.05, 0) is 51.0 Å². The average Bonchev–Trinajstić information content (AvgIpc) is 2.73. The van der Waals surface area contributed by atoms with Gasteiger partial charge in [-0.1, -0.05) is 19.3 Å². The summed E-state index contributed by atoms with van der Waals surface area (Å²) in [4.78, 5) is 48.9. The number of carbonyl (C=O) groups is 4. The van der Waals surface area contributed by atoms with Crippen LogP contribution in [-0.4, -0.2) is 48.9 Å². The fourth-order valence-corrected chi connectivity index (χ4v) is 3.71. The van der Waals surface area contributed by atoms with Gasteiger partial charge in [-0.15, -0.1) is 0 Å². The highest BCUT2D eigenvalue weighted by Gasteiger charge is 2.28. The van der Waals surface area contributed by atoms with Gasteiger partial charge >= 0.3 is 6.03 Å². The number of hydrogen-bond acceptors (Lipinski definition) is 4. The number of carbonyl (C=O) groups excluding carboxylic acids is 4. The van der Waals surface area contributed by atoms with Gasteiger partial charge in [-0.3, -0.25) is 19.7 Å². The maximum Gasteiger partial charge on any atom is 0.321 e. The number of anilines is 2. The molecule has 1 aliphatic carbocycles. The zero-order valence-electron chi connectivity index (χ0n) is 18.5. The second-order valence-corrected chi connectivity index (χ2v) is 8.01. The summed E-state index contributed by atoms with van der Waals surface area (Å²) in [6, 6.07) is 5.87. The summed E-state index contributed by atoms with van der Waals surface area (Å²) in [5.74, 6) is -0.813. The van der Waals surface area contributed by atoms with Gasteiger partial charge in [0.05, 0.1) is 6.54 Å². The van der Waals surface area contributed by atoms with Gasteiger partial charge in [0, 0.05) is 24.3 Å². The van der Waals surface area contributed by atoms with Crippen LogP contribution in [0.5, 0.6) is 0 Å². The molecule has 31 heavy (non-hydrogen) atoms. The maximum atomic E-state index is 12.5. The molecule has 9 heteroatoms. The highest BCUT2D eigenvalue weighted by Crippen LogP contribution is 2.17. The number of likely N-dealkylation sites (N-methyl/N-ethyl adjacent to an activating group) is 1. The molecule has 0 aliphatic heterocycles. The monoisotopic (exact) mass is 432 g/mol. The van der Waals surface area contributed by atoms with E-state index < -0.39 is 18.0 Å². The summed E-state index contributed by atoms with van der Waals surface area (Å²) in [5.41, 5.74) is 1.24. The quantitative estimate of drug-likeness (QED) is 0.421. The molecule has 5 N–H and O–H groups in total. The van der Waals surface area contributed by atoms with Crippen molar-refractivity contribution in [2.75, 3.05) is 23.7 Å². The van der Waals surface area contributed by atoms with Crippen LogP contribution in [0.1, 0.15) is 52.9 Å². The predicted octanol–water partition coefficient (Wildman–Crippen LogP) is 1.04. The van der Waals surface area contributed by atoms with Crippen molar-refractivity contribution in [3.05, 3.63) is 24.3 Å². The number of imide groups is 1. The lowest BCUT2D eigenvalue weighted by molar-refractivity contribution is -0.904. The van der Waals surface area contributed by atoms with Gasteiger partial charge in [-0.2, -0.15) is 0 Å². The first-order valence-corrected chi connectivity index (χ1v) is 10.9. The topological polar surface area (TPSA) is 121 Å². The van der Waals surface area contributed by atoms with Crippen LogP contribution in [-0.2, 0) is 14.4 Å². The van der Waals surface area contributed by atoms with Crippen LogP contribution in [0.4, 0.5) is 16.2 Å². The molecule has 1 saturated carbocycles. The SMILES string of the molecule is CC[NH+](CC(=O)Nc1ccc(NC(C)=O)cc1)[C@@H](C)C(=O)NC(=O)NC1CCCCC1. The largest absolute Gasteiger partial charge is 0.335 e. The van der Waals surface area contributed by atoms with E-state index in [0.717, 1.165) is 30.6 Å². The lowest BCUT2D eigenvalue weighted by Crippen LogP contribution is -3.17. The highest BCUT2D eigenvalue weighted by atomic mass is 16.2. The van der Waals surface area contributed by atoms with E-state index in [9.17, 15) is 19.2 Å². The molecular weight excluding hydrogens is 398 g/mol. The summed E-state index contributed by atoms with van der Waals surface area (Å²) < 4.78 is 0. The van der Waals surface area contributed by atoms with Gasteiger partial charge in [0.15, 0.2) is 12.6 Å². The van der Waals surface area contributed by atoms with E-state index in [4.69, 9.17) is 0 Å². The molecule has 170 valence electrons. The van der Waals surface area contributed by atoms with E-state index in [1.54, 1.807) is 31.2 Å². The molecule has 2 atom stereocenters. The van der Waals surface area contributed by atoms with Gasteiger partial charge in [0.2, 0.25) is 5.91 Å². The summed E-state index contributed by atoms with van der Waals surface area (Å²) in [7, 11) is 0. The van der Waals surface area contributed by atoms with E-state index in [1.165, 1.54) is 13.3 Å². The maximum absolute atomic E-state index is 12.5. The van der Waals surface area contributed by atoms with Crippen LogP contribution >= 0.6 is 0 Å². The van der Waals surface area contributed by atoms with E-state index in [1.807, 2.05) is 6.92 Å². The minimum atomic E-state index is -0.560. The number of rotatable bonds is 8. The smallest absolute Gasteiger partial charge is 0.321 e. The van der Waals surface area contributed by atoms with Crippen LogP contribution in [0.15, 0.2) is 24.3 Å². The Hall–Kier alpha value is -2.94. The minimum Gasteiger partial charge on any atom is -0.335 e. The second kappa shape index (κ2) is 12.0. The lowest BCUT2D eigenvalue weighted by atomic mass is 9.96. The molecule has 1 aliphatic rings. The number of quaternary nitrogens is 1. The van der Waals surface area contributed by atoms with E-state index in [0.29, 0.717) is 17.9 Å². The first kappa shape index (κ1) is 24.3. The molecule has 9 nitrogen and oxygen atoms in total. The molecule has 5 amide bonds. The molecule has 2 rings (SSSR count). The zero-order valence-corrected chi connectivity index (χ0v) is 18.5. The summed E-state index contributed by atoms with van der Waals surface area (Å²) in [6.07, 6.45) is 5.25. The van der Waals surface area contributed by atoms with Crippen molar-refractivity contribution in [2.24, 2.45) is 0 Å². The molecular formula is C22H34N5O4+. The number of benzene rings is 1. The highest BCUT2D eigenvalue weighted by molar-refractivity contribution is 5.96. The Balaban J connectivity index is 1.82. The molecule has 1 fully saturated rings. The Morgan fingerprint density at radius 2 is 1.58 bits per heavy atom. The molecule has 0 bridgehead atoms. The summed E-state index contributed by atoms with van der Waals surface area (Å²) in [6.45, 7) is 5.65. The van der Waals surface area contributed by atoms with E-state index >= 15 is 0 Å². The van der Waals surface area contributed by atoms with E-state index in [-0.39, 0.29) is 24.4 Å². The molecule has 0 saturated heterocycles. The first-order valence-electron chi connectivity index (χ1n) is 10.9. The fourth-order valence-electron chi connectivity index (χ4n) is 3.71. The van der Waals surface area contributed by atoms with Gasteiger partial charge in [0.25, 0.3) is 11.8 Å². The molecule has 0 aromatic heterocycles. The van der Waals surface area contributed by atoms with E-state index in [2.05, 4.69) is 21.3 Å². The number of amides is 5. The van der Waals surface area contributed by atoms with Crippen molar-refractivity contribution in [2.45, 2.75) is 65.0 Å². The molecule has 1 aromatic carbocycles. The fraction of sp³-hybridized carbons (Fsp3) is 0.545. The van der Waals surface area contributed by atoms with Crippen molar-refractivity contribution >= 4 is 35.1 Å². The summed E-state index contributed by atoms with van der Waals surface area (Å²) in [5, 5.41) is 10.7.